The molecule has 1 atom stereocenters. The van der Waals surface area contributed by atoms with Crippen molar-refractivity contribution in [2.45, 2.75) is 33.1 Å². The summed E-state index contributed by atoms with van der Waals surface area (Å²) in [5.74, 6) is -0.608. The van der Waals surface area contributed by atoms with Crippen LogP contribution in [0.25, 0.3) is 0 Å². The summed E-state index contributed by atoms with van der Waals surface area (Å²) in [5, 5.41) is 9.41. The summed E-state index contributed by atoms with van der Waals surface area (Å²) in [5.41, 5.74) is -0.763. The second kappa shape index (κ2) is 5.60. The summed E-state index contributed by atoms with van der Waals surface area (Å²) in [4.78, 5) is 33.6. The van der Waals surface area contributed by atoms with Crippen molar-refractivity contribution in [2.75, 3.05) is 13.1 Å². The molecule has 1 aromatic heterocycles. The highest BCUT2D eigenvalue weighted by atomic mass is 35.5. The number of carboxylic acid groups (broad SMARTS) is 1. The van der Waals surface area contributed by atoms with Crippen LogP contribution in [0.2, 0.25) is 5.02 Å². The normalized spacial score (nSPS) is 21.9. The number of aromatic nitrogens is 2. The molecule has 1 aromatic rings. The molecule has 1 aliphatic heterocycles. The summed E-state index contributed by atoms with van der Waals surface area (Å²) in [6.07, 6.45) is 1.84. The minimum Gasteiger partial charge on any atom is -0.481 e. The van der Waals surface area contributed by atoms with Gasteiger partial charge in [0.25, 0.3) is 5.91 Å². The van der Waals surface area contributed by atoms with Gasteiger partial charge in [0, 0.05) is 19.0 Å². The molecule has 1 fully saturated rings. The average Bonchev–Trinajstić information content (AvgIpc) is 2.82. The Kier molecular flexibility index (Phi) is 4.18. The molecule has 1 saturated heterocycles. The third-order valence-corrected chi connectivity index (χ3v) is 4.04. The van der Waals surface area contributed by atoms with Crippen LogP contribution >= 0.6 is 11.6 Å². The van der Waals surface area contributed by atoms with Gasteiger partial charge < -0.3 is 10.0 Å². The Balaban J connectivity index is 2.26. The lowest BCUT2D eigenvalue weighted by molar-refractivity contribution is -0.147. The predicted molar refractivity (Wildman–Crippen MR) is 77.4 cm³/mol. The number of amides is 1. The number of nitrogens with zero attached hydrogens (tertiary/aromatic N) is 3. The van der Waals surface area contributed by atoms with E-state index >= 15 is 0 Å². The van der Waals surface area contributed by atoms with Crippen LogP contribution < -0.4 is 0 Å². The Hall–Kier alpha value is -1.69. The molecular formula is C14H18ClN3O3. The Morgan fingerprint density at radius 2 is 2.14 bits per heavy atom. The van der Waals surface area contributed by atoms with Crippen molar-refractivity contribution in [1.82, 2.24) is 14.9 Å². The standard InChI is InChI=1S/C14H18ClN3O3/c1-8(2)11-16-6-9(15)10(17-11)12(19)18-5-4-14(3,7-18)13(20)21/h6,8H,4-5,7H2,1-3H3,(H,20,21). The zero-order chi connectivity index (χ0) is 15.8. The summed E-state index contributed by atoms with van der Waals surface area (Å²) in [7, 11) is 0. The van der Waals surface area contributed by atoms with E-state index in [4.69, 9.17) is 11.6 Å². The molecule has 2 rings (SSSR count). The van der Waals surface area contributed by atoms with Crippen LogP contribution in [0, 0.1) is 5.41 Å². The van der Waals surface area contributed by atoms with Gasteiger partial charge in [0.15, 0.2) is 5.69 Å². The number of hydrogen-bond donors (Lipinski definition) is 1. The van der Waals surface area contributed by atoms with Crippen LogP contribution in [0.15, 0.2) is 6.20 Å². The Labute approximate surface area is 128 Å². The third kappa shape index (κ3) is 3.00. The Morgan fingerprint density at radius 3 is 2.67 bits per heavy atom. The molecule has 6 nitrogen and oxygen atoms in total. The van der Waals surface area contributed by atoms with E-state index in [1.54, 1.807) is 6.92 Å². The highest BCUT2D eigenvalue weighted by Gasteiger charge is 2.42. The largest absolute Gasteiger partial charge is 0.481 e. The van der Waals surface area contributed by atoms with Crippen molar-refractivity contribution < 1.29 is 14.7 Å². The van der Waals surface area contributed by atoms with Crippen LogP contribution in [-0.4, -0.2) is 44.9 Å². The van der Waals surface area contributed by atoms with Crippen molar-refractivity contribution in [3.63, 3.8) is 0 Å². The second-order valence-corrected chi connectivity index (χ2v) is 6.33. The lowest BCUT2D eigenvalue weighted by atomic mass is 9.90. The van der Waals surface area contributed by atoms with Crippen LogP contribution in [0.4, 0.5) is 0 Å². The fraction of sp³-hybridized carbons (Fsp3) is 0.571. The van der Waals surface area contributed by atoms with Crippen LogP contribution in [0.3, 0.4) is 0 Å². The van der Waals surface area contributed by atoms with Gasteiger partial charge in [-0.2, -0.15) is 0 Å². The molecular weight excluding hydrogens is 294 g/mol. The average molecular weight is 312 g/mol. The number of hydrogen-bond acceptors (Lipinski definition) is 4. The summed E-state index contributed by atoms with van der Waals surface area (Å²) >= 11 is 6.02. The minimum absolute atomic E-state index is 0.0803. The maximum absolute atomic E-state index is 12.5. The topological polar surface area (TPSA) is 83.4 Å². The molecule has 1 N–H and O–H groups in total. The van der Waals surface area contributed by atoms with Crippen LogP contribution in [0.5, 0.6) is 0 Å². The lowest BCUT2D eigenvalue weighted by Gasteiger charge is -2.20. The maximum Gasteiger partial charge on any atom is 0.311 e. The zero-order valence-corrected chi connectivity index (χ0v) is 13.0. The smallest absolute Gasteiger partial charge is 0.311 e. The fourth-order valence-corrected chi connectivity index (χ4v) is 2.44. The monoisotopic (exact) mass is 311 g/mol. The van der Waals surface area contributed by atoms with Gasteiger partial charge in [0.05, 0.1) is 16.6 Å². The lowest BCUT2D eigenvalue weighted by Crippen LogP contribution is -2.35. The number of halogens is 1. The second-order valence-electron chi connectivity index (χ2n) is 5.92. The van der Waals surface area contributed by atoms with E-state index in [2.05, 4.69) is 9.97 Å². The minimum atomic E-state index is -0.907. The fourth-order valence-electron chi connectivity index (χ4n) is 2.27. The van der Waals surface area contributed by atoms with Gasteiger partial charge in [-0.05, 0) is 13.3 Å². The van der Waals surface area contributed by atoms with E-state index in [9.17, 15) is 14.7 Å². The van der Waals surface area contributed by atoms with E-state index in [0.717, 1.165) is 0 Å². The first-order valence-electron chi connectivity index (χ1n) is 6.80. The first-order chi connectivity index (χ1) is 9.74. The quantitative estimate of drug-likeness (QED) is 0.925. The number of carbonyl (C=O) groups is 2. The van der Waals surface area contributed by atoms with Crippen molar-refractivity contribution >= 4 is 23.5 Å². The van der Waals surface area contributed by atoms with E-state index in [1.807, 2.05) is 13.8 Å². The number of rotatable bonds is 3. The first kappa shape index (κ1) is 15.7. The van der Waals surface area contributed by atoms with Gasteiger partial charge in [0.2, 0.25) is 0 Å². The highest BCUT2D eigenvalue weighted by molar-refractivity contribution is 6.33. The molecule has 0 spiro atoms. The number of likely N-dealkylation sites (tertiary alicyclic amines) is 1. The van der Waals surface area contributed by atoms with Crippen LogP contribution in [0.1, 0.15) is 49.4 Å². The van der Waals surface area contributed by atoms with Gasteiger partial charge in [-0.25, -0.2) is 9.97 Å². The van der Waals surface area contributed by atoms with Crippen LogP contribution in [-0.2, 0) is 4.79 Å². The molecule has 114 valence electrons. The molecule has 0 radical (unpaired) electrons. The number of aliphatic carboxylic acids is 1. The summed E-state index contributed by atoms with van der Waals surface area (Å²) in [6, 6.07) is 0. The van der Waals surface area contributed by atoms with E-state index in [0.29, 0.717) is 18.8 Å². The third-order valence-electron chi connectivity index (χ3n) is 3.76. The molecule has 0 aromatic carbocycles. The van der Waals surface area contributed by atoms with Crippen molar-refractivity contribution in [2.24, 2.45) is 5.41 Å². The number of carboxylic acids is 1. The van der Waals surface area contributed by atoms with Gasteiger partial charge in [-0.1, -0.05) is 25.4 Å². The molecule has 1 amide bonds. The molecule has 0 aliphatic carbocycles. The van der Waals surface area contributed by atoms with Gasteiger partial charge in [-0.3, -0.25) is 9.59 Å². The molecule has 0 bridgehead atoms. The van der Waals surface area contributed by atoms with E-state index in [-0.39, 0.29) is 29.1 Å². The summed E-state index contributed by atoms with van der Waals surface area (Å²) < 4.78 is 0. The van der Waals surface area contributed by atoms with Gasteiger partial charge in [-0.15, -0.1) is 0 Å². The maximum atomic E-state index is 12.5. The number of carbonyl (C=O) groups excluding carboxylic acids is 1. The molecule has 0 saturated carbocycles. The SMILES string of the molecule is CC(C)c1ncc(Cl)c(C(=O)N2CCC(C)(C(=O)O)C2)n1. The molecule has 1 unspecified atom stereocenters. The van der Waals surface area contributed by atoms with E-state index < -0.39 is 11.4 Å². The first-order valence-corrected chi connectivity index (χ1v) is 7.17. The zero-order valence-electron chi connectivity index (χ0n) is 12.3. The van der Waals surface area contributed by atoms with Gasteiger partial charge >= 0.3 is 5.97 Å². The van der Waals surface area contributed by atoms with E-state index in [1.165, 1.54) is 11.1 Å². The Morgan fingerprint density at radius 1 is 1.48 bits per heavy atom. The molecule has 21 heavy (non-hydrogen) atoms. The predicted octanol–water partition coefficient (Wildman–Crippen LogP) is 2.19. The Bertz CT molecular complexity index is 591. The van der Waals surface area contributed by atoms with Crippen molar-refractivity contribution in [1.29, 1.82) is 0 Å². The summed E-state index contributed by atoms with van der Waals surface area (Å²) in [6.45, 7) is 6.05. The van der Waals surface area contributed by atoms with Crippen molar-refractivity contribution in [3.05, 3.63) is 22.7 Å². The molecule has 7 heteroatoms. The molecule has 2 heterocycles. The molecule has 1 aliphatic rings. The van der Waals surface area contributed by atoms with Crippen molar-refractivity contribution in [3.8, 4) is 0 Å². The van der Waals surface area contributed by atoms with Gasteiger partial charge in [0.1, 0.15) is 5.82 Å². The highest BCUT2D eigenvalue weighted by Crippen LogP contribution is 2.31.